The van der Waals surface area contributed by atoms with E-state index in [1.165, 1.54) is 4.68 Å². The summed E-state index contributed by atoms with van der Waals surface area (Å²) in [7, 11) is 0. The number of fused-ring (bicyclic) bond motifs is 1. The van der Waals surface area contributed by atoms with Crippen molar-refractivity contribution < 1.29 is 0 Å². The van der Waals surface area contributed by atoms with Crippen LogP contribution in [0.2, 0.25) is 0 Å². The average Bonchev–Trinajstić information content (AvgIpc) is 2.41. The number of aromatic nitrogens is 3. The first kappa shape index (κ1) is 12.7. The summed E-state index contributed by atoms with van der Waals surface area (Å²) in [5, 5.41) is 12.0. The molecule has 0 radical (unpaired) electrons. The maximum absolute atomic E-state index is 12.2. The topological polar surface area (TPSA) is 59.8 Å². The smallest absolute Gasteiger partial charge is 0.277 e. The summed E-state index contributed by atoms with van der Waals surface area (Å²) in [5.74, 6) is 0. The van der Waals surface area contributed by atoms with Crippen LogP contribution in [0.5, 0.6) is 0 Å². The van der Waals surface area contributed by atoms with Crippen molar-refractivity contribution in [3.63, 3.8) is 0 Å². The molecule has 0 fully saturated rings. The second-order valence-corrected chi connectivity index (χ2v) is 4.26. The van der Waals surface area contributed by atoms with Crippen molar-refractivity contribution in [2.24, 2.45) is 0 Å². The molecule has 2 rings (SSSR count). The lowest BCUT2D eigenvalue weighted by atomic mass is 10.2. The summed E-state index contributed by atoms with van der Waals surface area (Å²) in [6, 6.07) is 7.54. The first-order valence-electron chi connectivity index (χ1n) is 6.32. The molecule has 0 aliphatic heterocycles. The summed E-state index contributed by atoms with van der Waals surface area (Å²) in [5.41, 5.74) is 0.576. The molecule has 1 aromatic heterocycles. The van der Waals surface area contributed by atoms with E-state index in [0.29, 0.717) is 17.4 Å². The molecule has 5 heteroatoms. The Bertz CT molecular complexity index is 578. The second-order valence-electron chi connectivity index (χ2n) is 4.26. The van der Waals surface area contributed by atoms with Gasteiger partial charge in [-0.15, -0.1) is 5.10 Å². The predicted octanol–water partition coefficient (Wildman–Crippen LogP) is 1.18. The van der Waals surface area contributed by atoms with Gasteiger partial charge in [0, 0.05) is 6.04 Å². The highest BCUT2D eigenvalue weighted by Crippen LogP contribution is 2.03. The van der Waals surface area contributed by atoms with Crippen LogP contribution < -0.4 is 10.9 Å². The van der Waals surface area contributed by atoms with Gasteiger partial charge in [0.05, 0.1) is 11.9 Å². The van der Waals surface area contributed by atoms with Crippen molar-refractivity contribution in [2.75, 3.05) is 6.54 Å². The fourth-order valence-electron chi connectivity index (χ4n) is 1.98. The van der Waals surface area contributed by atoms with E-state index >= 15 is 0 Å². The summed E-state index contributed by atoms with van der Waals surface area (Å²) < 4.78 is 1.44. The van der Waals surface area contributed by atoms with E-state index in [9.17, 15) is 4.79 Å². The van der Waals surface area contributed by atoms with Gasteiger partial charge in [0.2, 0.25) is 0 Å². The molecule has 0 saturated carbocycles. The van der Waals surface area contributed by atoms with Gasteiger partial charge in [0.1, 0.15) is 5.52 Å². The van der Waals surface area contributed by atoms with Crippen LogP contribution in [0.25, 0.3) is 10.9 Å². The predicted molar refractivity (Wildman–Crippen MR) is 71.6 cm³/mol. The molecule has 0 bridgehead atoms. The van der Waals surface area contributed by atoms with Gasteiger partial charge in [-0.3, -0.25) is 4.79 Å². The molecular formula is C13H18N4O. The summed E-state index contributed by atoms with van der Waals surface area (Å²) in [4.78, 5) is 12.2. The molecule has 18 heavy (non-hydrogen) atoms. The molecule has 0 saturated heterocycles. The van der Waals surface area contributed by atoms with Crippen molar-refractivity contribution in [3.8, 4) is 0 Å². The quantitative estimate of drug-likeness (QED) is 0.860. The van der Waals surface area contributed by atoms with E-state index in [4.69, 9.17) is 0 Å². The highest BCUT2D eigenvalue weighted by Gasteiger charge is 2.10. The standard InChI is InChI=1S/C13H18N4O/c1-3-10(14-4-2)9-17-13(18)11-7-5-6-8-12(11)15-16-17/h5-8,10,14H,3-4,9H2,1-2H3. The van der Waals surface area contributed by atoms with Crippen LogP contribution in [-0.2, 0) is 6.54 Å². The lowest BCUT2D eigenvalue weighted by Gasteiger charge is -2.15. The van der Waals surface area contributed by atoms with E-state index in [0.717, 1.165) is 13.0 Å². The number of nitrogens with zero attached hydrogens (tertiary/aromatic N) is 3. The molecule has 0 aliphatic carbocycles. The minimum Gasteiger partial charge on any atom is -0.312 e. The van der Waals surface area contributed by atoms with E-state index < -0.39 is 0 Å². The van der Waals surface area contributed by atoms with Crippen LogP contribution in [0, 0.1) is 0 Å². The molecule has 2 aromatic rings. The Morgan fingerprint density at radius 3 is 2.83 bits per heavy atom. The van der Waals surface area contributed by atoms with Crippen LogP contribution in [0.3, 0.4) is 0 Å². The van der Waals surface area contributed by atoms with Gasteiger partial charge in [-0.05, 0) is 25.1 Å². The number of benzene rings is 1. The zero-order chi connectivity index (χ0) is 13.0. The molecule has 1 N–H and O–H groups in total. The van der Waals surface area contributed by atoms with Crippen molar-refractivity contribution in [3.05, 3.63) is 34.6 Å². The molecule has 0 aliphatic rings. The molecule has 5 nitrogen and oxygen atoms in total. The Labute approximate surface area is 106 Å². The van der Waals surface area contributed by atoms with Crippen LogP contribution >= 0.6 is 0 Å². The number of nitrogens with one attached hydrogen (secondary N) is 1. The zero-order valence-corrected chi connectivity index (χ0v) is 10.8. The summed E-state index contributed by atoms with van der Waals surface area (Å²) in [6.07, 6.45) is 0.953. The highest BCUT2D eigenvalue weighted by molar-refractivity contribution is 5.76. The van der Waals surface area contributed by atoms with Crippen molar-refractivity contribution >= 4 is 10.9 Å². The van der Waals surface area contributed by atoms with Gasteiger partial charge in [-0.1, -0.05) is 31.2 Å². The lowest BCUT2D eigenvalue weighted by Crippen LogP contribution is -2.37. The third-order valence-corrected chi connectivity index (χ3v) is 3.01. The third kappa shape index (κ3) is 2.56. The van der Waals surface area contributed by atoms with Crippen LogP contribution in [0.4, 0.5) is 0 Å². The molecule has 1 unspecified atom stereocenters. The van der Waals surface area contributed by atoms with Gasteiger partial charge in [0.25, 0.3) is 5.56 Å². The lowest BCUT2D eigenvalue weighted by molar-refractivity contribution is 0.405. The van der Waals surface area contributed by atoms with E-state index in [1.54, 1.807) is 12.1 Å². The van der Waals surface area contributed by atoms with Crippen LogP contribution in [0.15, 0.2) is 29.1 Å². The second kappa shape index (κ2) is 5.73. The molecule has 1 atom stereocenters. The minimum atomic E-state index is -0.0723. The summed E-state index contributed by atoms with van der Waals surface area (Å²) in [6.45, 7) is 5.58. The monoisotopic (exact) mass is 246 g/mol. The van der Waals surface area contributed by atoms with Gasteiger partial charge >= 0.3 is 0 Å². The number of hydrogen-bond acceptors (Lipinski definition) is 4. The maximum atomic E-state index is 12.2. The van der Waals surface area contributed by atoms with E-state index in [1.807, 2.05) is 12.1 Å². The first-order valence-corrected chi connectivity index (χ1v) is 6.32. The van der Waals surface area contributed by atoms with Gasteiger partial charge < -0.3 is 5.32 Å². The number of hydrogen-bond donors (Lipinski definition) is 1. The molecule has 0 amide bonds. The average molecular weight is 246 g/mol. The Morgan fingerprint density at radius 2 is 2.11 bits per heavy atom. The Balaban J connectivity index is 2.34. The van der Waals surface area contributed by atoms with Gasteiger partial charge in [0.15, 0.2) is 0 Å². The van der Waals surface area contributed by atoms with Crippen LogP contribution in [-0.4, -0.2) is 27.6 Å². The van der Waals surface area contributed by atoms with Crippen molar-refractivity contribution in [1.82, 2.24) is 20.3 Å². The summed E-state index contributed by atoms with van der Waals surface area (Å²) >= 11 is 0. The molecule has 1 aromatic carbocycles. The van der Waals surface area contributed by atoms with Crippen LogP contribution in [0.1, 0.15) is 20.3 Å². The third-order valence-electron chi connectivity index (χ3n) is 3.01. The zero-order valence-electron chi connectivity index (χ0n) is 10.8. The Kier molecular flexibility index (Phi) is 4.04. The first-order chi connectivity index (χ1) is 8.76. The minimum absolute atomic E-state index is 0.0723. The molecule has 0 spiro atoms. The molecular weight excluding hydrogens is 228 g/mol. The van der Waals surface area contributed by atoms with E-state index in [2.05, 4.69) is 29.5 Å². The number of rotatable bonds is 5. The highest BCUT2D eigenvalue weighted by atomic mass is 16.1. The number of likely N-dealkylation sites (N-methyl/N-ethyl adjacent to an activating group) is 1. The van der Waals surface area contributed by atoms with Crippen molar-refractivity contribution in [2.45, 2.75) is 32.9 Å². The van der Waals surface area contributed by atoms with Crippen molar-refractivity contribution in [1.29, 1.82) is 0 Å². The fraction of sp³-hybridized carbons (Fsp3) is 0.462. The molecule has 96 valence electrons. The Morgan fingerprint density at radius 1 is 1.33 bits per heavy atom. The normalized spacial score (nSPS) is 12.8. The fourth-order valence-corrected chi connectivity index (χ4v) is 1.98. The molecule has 1 heterocycles. The van der Waals surface area contributed by atoms with Gasteiger partial charge in [-0.25, -0.2) is 4.68 Å². The Hall–Kier alpha value is -1.75. The maximum Gasteiger partial charge on any atom is 0.277 e. The largest absolute Gasteiger partial charge is 0.312 e. The van der Waals surface area contributed by atoms with E-state index in [-0.39, 0.29) is 11.6 Å². The SMILES string of the molecule is CCNC(CC)Cn1nnc2ccccc2c1=O. The van der Waals surface area contributed by atoms with Gasteiger partial charge in [-0.2, -0.15) is 0 Å².